The zero-order chi connectivity index (χ0) is 12.8. The fraction of sp³-hybridized carbons (Fsp3) is 0.417. The van der Waals surface area contributed by atoms with Crippen LogP contribution in [-0.2, 0) is 11.3 Å². The van der Waals surface area contributed by atoms with E-state index in [0.717, 1.165) is 15.8 Å². The van der Waals surface area contributed by atoms with E-state index < -0.39 is 5.97 Å². The van der Waals surface area contributed by atoms with Crippen LogP contribution in [0.1, 0.15) is 19.4 Å². The van der Waals surface area contributed by atoms with Crippen molar-refractivity contribution in [3.05, 3.63) is 28.2 Å². The van der Waals surface area contributed by atoms with Crippen LogP contribution in [0.15, 0.2) is 22.7 Å². The Bertz CT molecular complexity index is 393. The van der Waals surface area contributed by atoms with Crippen molar-refractivity contribution in [2.45, 2.75) is 26.5 Å². The van der Waals surface area contributed by atoms with Gasteiger partial charge in [0.25, 0.3) is 0 Å². The van der Waals surface area contributed by atoms with Gasteiger partial charge < -0.3 is 15.2 Å². The first-order valence-electron chi connectivity index (χ1n) is 5.36. The highest BCUT2D eigenvalue weighted by molar-refractivity contribution is 9.10. The van der Waals surface area contributed by atoms with E-state index in [1.54, 1.807) is 0 Å². The summed E-state index contributed by atoms with van der Waals surface area (Å²) in [6, 6.07) is 5.70. The molecule has 0 aromatic heterocycles. The number of halogens is 1. The van der Waals surface area contributed by atoms with Gasteiger partial charge in [-0.05, 0) is 32.0 Å². The first-order chi connectivity index (χ1) is 7.99. The smallest absolute Gasteiger partial charge is 0.317 e. The van der Waals surface area contributed by atoms with Crippen LogP contribution in [0.25, 0.3) is 0 Å². The van der Waals surface area contributed by atoms with Crippen molar-refractivity contribution in [3.8, 4) is 5.75 Å². The van der Waals surface area contributed by atoms with Gasteiger partial charge >= 0.3 is 5.97 Å². The predicted octanol–water partition coefficient (Wildman–Crippen LogP) is 2.41. The van der Waals surface area contributed by atoms with Crippen molar-refractivity contribution in [1.82, 2.24) is 5.32 Å². The van der Waals surface area contributed by atoms with Crippen LogP contribution in [0.5, 0.6) is 5.75 Å². The molecule has 94 valence electrons. The average molecular weight is 302 g/mol. The van der Waals surface area contributed by atoms with Gasteiger partial charge in [0, 0.05) is 16.6 Å². The fourth-order valence-corrected chi connectivity index (χ4v) is 1.77. The van der Waals surface area contributed by atoms with Gasteiger partial charge in [0.15, 0.2) is 0 Å². The van der Waals surface area contributed by atoms with E-state index in [1.807, 2.05) is 32.0 Å². The van der Waals surface area contributed by atoms with Crippen molar-refractivity contribution in [2.75, 3.05) is 6.54 Å². The highest BCUT2D eigenvalue weighted by Gasteiger charge is 2.07. The van der Waals surface area contributed by atoms with E-state index in [-0.39, 0.29) is 12.6 Å². The molecule has 0 aliphatic carbocycles. The molecular weight excluding hydrogens is 286 g/mol. The van der Waals surface area contributed by atoms with Gasteiger partial charge in [-0.2, -0.15) is 0 Å². The summed E-state index contributed by atoms with van der Waals surface area (Å²) in [4.78, 5) is 10.4. The van der Waals surface area contributed by atoms with Crippen molar-refractivity contribution < 1.29 is 14.6 Å². The summed E-state index contributed by atoms with van der Waals surface area (Å²) in [5.74, 6) is -0.0904. The number of ether oxygens (including phenoxy) is 1. The zero-order valence-corrected chi connectivity index (χ0v) is 11.5. The van der Waals surface area contributed by atoms with Crippen LogP contribution in [0.2, 0.25) is 0 Å². The van der Waals surface area contributed by atoms with E-state index in [0.29, 0.717) is 6.54 Å². The van der Waals surface area contributed by atoms with Crippen molar-refractivity contribution in [3.63, 3.8) is 0 Å². The molecule has 0 aliphatic heterocycles. The Morgan fingerprint density at radius 2 is 2.24 bits per heavy atom. The van der Waals surface area contributed by atoms with Crippen LogP contribution in [0.4, 0.5) is 0 Å². The molecule has 1 aromatic carbocycles. The number of aliphatic carboxylic acids is 1. The topological polar surface area (TPSA) is 58.6 Å². The number of nitrogens with one attached hydrogen (secondary N) is 1. The molecule has 0 saturated heterocycles. The van der Waals surface area contributed by atoms with Gasteiger partial charge in [-0.25, -0.2) is 0 Å². The monoisotopic (exact) mass is 301 g/mol. The number of rotatable bonds is 6. The van der Waals surface area contributed by atoms with E-state index in [9.17, 15) is 4.79 Å². The number of benzene rings is 1. The normalized spacial score (nSPS) is 10.6. The number of carboxylic acid groups (broad SMARTS) is 1. The lowest BCUT2D eigenvalue weighted by Gasteiger charge is -2.14. The van der Waals surface area contributed by atoms with Gasteiger partial charge in [0.2, 0.25) is 0 Å². The second kappa shape index (κ2) is 6.61. The Hall–Kier alpha value is -1.07. The molecule has 0 saturated carbocycles. The Morgan fingerprint density at radius 3 is 2.82 bits per heavy atom. The first-order valence-corrected chi connectivity index (χ1v) is 6.16. The second-order valence-electron chi connectivity index (χ2n) is 3.92. The lowest BCUT2D eigenvalue weighted by molar-refractivity contribution is -0.136. The molecule has 0 spiro atoms. The Morgan fingerprint density at radius 1 is 1.53 bits per heavy atom. The molecule has 0 heterocycles. The van der Waals surface area contributed by atoms with E-state index in [1.165, 1.54) is 0 Å². The minimum atomic E-state index is -0.869. The van der Waals surface area contributed by atoms with Crippen LogP contribution < -0.4 is 10.1 Å². The molecule has 5 heteroatoms. The third kappa shape index (κ3) is 5.19. The first kappa shape index (κ1) is 14.0. The largest absolute Gasteiger partial charge is 0.491 e. The number of hydrogen-bond donors (Lipinski definition) is 2. The molecular formula is C12H16BrNO3. The maximum Gasteiger partial charge on any atom is 0.317 e. The summed E-state index contributed by atoms with van der Waals surface area (Å²) < 4.78 is 6.59. The lowest BCUT2D eigenvalue weighted by atomic mass is 10.2. The van der Waals surface area contributed by atoms with Gasteiger partial charge in [0.1, 0.15) is 5.75 Å². The summed E-state index contributed by atoms with van der Waals surface area (Å²) in [6.45, 7) is 4.31. The van der Waals surface area contributed by atoms with Gasteiger partial charge in [0.05, 0.1) is 12.6 Å². The minimum absolute atomic E-state index is 0.0619. The molecule has 4 nitrogen and oxygen atoms in total. The quantitative estimate of drug-likeness (QED) is 0.847. The highest BCUT2D eigenvalue weighted by Crippen LogP contribution is 2.24. The zero-order valence-electron chi connectivity index (χ0n) is 9.87. The molecule has 1 aromatic rings. The highest BCUT2D eigenvalue weighted by atomic mass is 79.9. The summed E-state index contributed by atoms with van der Waals surface area (Å²) in [6.07, 6.45) is 0.0920. The Labute approximate surface area is 109 Å². The molecule has 17 heavy (non-hydrogen) atoms. The summed E-state index contributed by atoms with van der Waals surface area (Å²) in [7, 11) is 0. The number of hydrogen-bond acceptors (Lipinski definition) is 3. The molecule has 0 atom stereocenters. The predicted molar refractivity (Wildman–Crippen MR) is 69.2 cm³/mol. The standard InChI is InChI=1S/C12H16BrNO3/c1-8(2)17-11-4-3-10(13)5-9(11)6-14-7-12(15)16/h3-5,8,14H,6-7H2,1-2H3,(H,15,16). The van der Waals surface area contributed by atoms with E-state index in [4.69, 9.17) is 9.84 Å². The number of carboxylic acids is 1. The average Bonchev–Trinajstić information content (AvgIpc) is 2.21. The second-order valence-corrected chi connectivity index (χ2v) is 4.83. The summed E-state index contributed by atoms with van der Waals surface area (Å²) in [5, 5.41) is 11.4. The minimum Gasteiger partial charge on any atom is -0.491 e. The molecule has 0 radical (unpaired) electrons. The fourth-order valence-electron chi connectivity index (χ4n) is 1.36. The van der Waals surface area contributed by atoms with Gasteiger partial charge in [-0.15, -0.1) is 0 Å². The maximum absolute atomic E-state index is 10.4. The van der Waals surface area contributed by atoms with Crippen molar-refractivity contribution in [1.29, 1.82) is 0 Å². The molecule has 0 aliphatic rings. The summed E-state index contributed by atoms with van der Waals surface area (Å²) in [5.41, 5.74) is 0.939. The van der Waals surface area contributed by atoms with Crippen LogP contribution >= 0.6 is 15.9 Å². The summed E-state index contributed by atoms with van der Waals surface area (Å²) >= 11 is 3.38. The third-order valence-electron chi connectivity index (χ3n) is 1.98. The molecule has 1 rings (SSSR count). The number of carbonyl (C=O) groups is 1. The lowest BCUT2D eigenvalue weighted by Crippen LogP contribution is -2.22. The molecule has 0 fully saturated rings. The Balaban J connectivity index is 2.72. The van der Waals surface area contributed by atoms with E-state index >= 15 is 0 Å². The van der Waals surface area contributed by atoms with Crippen LogP contribution in [-0.4, -0.2) is 23.7 Å². The Kier molecular flexibility index (Phi) is 5.44. The van der Waals surface area contributed by atoms with Crippen LogP contribution in [0.3, 0.4) is 0 Å². The van der Waals surface area contributed by atoms with Crippen LogP contribution in [0, 0.1) is 0 Å². The molecule has 2 N–H and O–H groups in total. The van der Waals surface area contributed by atoms with Gasteiger partial charge in [-0.1, -0.05) is 15.9 Å². The molecule has 0 bridgehead atoms. The SMILES string of the molecule is CC(C)Oc1ccc(Br)cc1CNCC(=O)O. The van der Waals surface area contributed by atoms with Crippen molar-refractivity contribution >= 4 is 21.9 Å². The third-order valence-corrected chi connectivity index (χ3v) is 2.47. The maximum atomic E-state index is 10.4. The van der Waals surface area contributed by atoms with Crippen molar-refractivity contribution in [2.24, 2.45) is 0 Å². The van der Waals surface area contributed by atoms with E-state index in [2.05, 4.69) is 21.2 Å². The molecule has 0 unspecified atom stereocenters. The van der Waals surface area contributed by atoms with Gasteiger partial charge in [-0.3, -0.25) is 4.79 Å². The molecule has 0 amide bonds.